The molecule has 8 heteroatoms. The van der Waals surface area contributed by atoms with Crippen molar-refractivity contribution in [3.8, 4) is 0 Å². The molecule has 0 spiro atoms. The first-order valence-corrected chi connectivity index (χ1v) is 10.1. The lowest BCUT2D eigenvalue weighted by molar-refractivity contribution is 0.104. The molecule has 0 aliphatic heterocycles. The van der Waals surface area contributed by atoms with Crippen molar-refractivity contribution in [2.24, 2.45) is 0 Å². The minimum absolute atomic E-state index is 0.0736. The van der Waals surface area contributed by atoms with Gasteiger partial charge in [0.05, 0.1) is 0 Å². The van der Waals surface area contributed by atoms with Gasteiger partial charge in [0.25, 0.3) is 0 Å². The molecule has 0 saturated carbocycles. The minimum Gasteiger partial charge on any atom is -0.336 e. The van der Waals surface area contributed by atoms with E-state index in [2.05, 4.69) is 10.2 Å². The van der Waals surface area contributed by atoms with E-state index in [1.54, 1.807) is 42.5 Å². The number of aromatic nitrogens is 3. The van der Waals surface area contributed by atoms with Gasteiger partial charge in [-0.1, -0.05) is 66.7 Å². The molecule has 28 heavy (non-hydrogen) atoms. The van der Waals surface area contributed by atoms with E-state index in [1.807, 2.05) is 30.3 Å². The summed E-state index contributed by atoms with van der Waals surface area (Å²) in [5, 5.41) is 8.61. The summed E-state index contributed by atoms with van der Waals surface area (Å²) in [6, 6.07) is 17.9. The Labute approximate surface area is 162 Å². The topological polar surface area (TPSA) is 108 Å². The second-order valence-electron chi connectivity index (χ2n) is 5.93. The minimum atomic E-state index is -3.74. The third kappa shape index (κ3) is 5.01. The number of allylic oxidation sites excluding steroid dienone is 1. The Morgan fingerprint density at radius 2 is 1.61 bits per heavy atom. The summed E-state index contributed by atoms with van der Waals surface area (Å²) in [6.07, 6.45) is 4.47. The van der Waals surface area contributed by atoms with Crippen LogP contribution in [0.25, 0.3) is 12.2 Å². The van der Waals surface area contributed by atoms with Crippen LogP contribution < -0.4 is 5.84 Å². The molecule has 0 amide bonds. The van der Waals surface area contributed by atoms with E-state index in [-0.39, 0.29) is 5.82 Å². The van der Waals surface area contributed by atoms with Crippen molar-refractivity contribution in [3.05, 3.63) is 94.9 Å². The van der Waals surface area contributed by atoms with E-state index >= 15 is 0 Å². The van der Waals surface area contributed by atoms with E-state index in [0.29, 0.717) is 11.4 Å². The van der Waals surface area contributed by atoms with Crippen LogP contribution in [0.4, 0.5) is 0 Å². The maximum Gasteiger partial charge on any atom is 0.186 e. The van der Waals surface area contributed by atoms with Gasteiger partial charge in [-0.3, -0.25) is 4.79 Å². The van der Waals surface area contributed by atoms with Crippen molar-refractivity contribution in [3.63, 3.8) is 0 Å². The molecule has 0 unspecified atom stereocenters. The normalized spacial score (nSPS) is 12.0. The number of carbonyl (C=O) groups excluding carboxylic acids is 1. The zero-order chi connectivity index (χ0) is 20.0. The molecule has 0 atom stereocenters. The van der Waals surface area contributed by atoms with Crippen LogP contribution in [-0.4, -0.2) is 29.1 Å². The Kier molecular flexibility index (Phi) is 5.81. The van der Waals surface area contributed by atoms with Crippen molar-refractivity contribution < 1.29 is 13.2 Å². The number of carbonyl (C=O) groups is 1. The molecule has 7 nitrogen and oxygen atoms in total. The standard InChI is InChI=1S/C20H18N4O3S/c21-24-19(12-11-16-7-3-1-4-8-16)22-23-20(24)15-28(26,27)14-13-18(25)17-9-5-2-6-10-17/h1-14H,15,21H2. The summed E-state index contributed by atoms with van der Waals surface area (Å²) in [5.41, 5.74) is 1.35. The van der Waals surface area contributed by atoms with Crippen LogP contribution in [0.5, 0.6) is 0 Å². The molecule has 2 aromatic carbocycles. The average Bonchev–Trinajstić information content (AvgIpc) is 3.05. The van der Waals surface area contributed by atoms with Gasteiger partial charge in [0.15, 0.2) is 27.3 Å². The summed E-state index contributed by atoms with van der Waals surface area (Å²) in [4.78, 5) is 12.0. The molecule has 0 bridgehead atoms. The maximum absolute atomic E-state index is 12.3. The Morgan fingerprint density at radius 3 is 2.29 bits per heavy atom. The number of ketones is 1. The SMILES string of the molecule is Nn1c(C=Cc2ccccc2)nnc1CS(=O)(=O)C=CC(=O)c1ccccc1. The summed E-state index contributed by atoms with van der Waals surface area (Å²) in [6.45, 7) is 0. The van der Waals surface area contributed by atoms with E-state index in [1.165, 1.54) is 0 Å². The zero-order valence-electron chi connectivity index (χ0n) is 14.8. The van der Waals surface area contributed by atoms with E-state index in [4.69, 9.17) is 5.84 Å². The van der Waals surface area contributed by atoms with E-state index < -0.39 is 21.4 Å². The highest BCUT2D eigenvalue weighted by atomic mass is 32.2. The van der Waals surface area contributed by atoms with Crippen LogP contribution in [0, 0.1) is 0 Å². The fraction of sp³-hybridized carbons (Fsp3) is 0.0500. The lowest BCUT2D eigenvalue weighted by atomic mass is 10.1. The van der Waals surface area contributed by atoms with E-state index in [0.717, 1.165) is 21.7 Å². The van der Waals surface area contributed by atoms with Gasteiger partial charge >= 0.3 is 0 Å². The van der Waals surface area contributed by atoms with Crippen molar-refractivity contribution in [2.75, 3.05) is 5.84 Å². The van der Waals surface area contributed by atoms with Gasteiger partial charge in [-0.05, 0) is 17.7 Å². The Bertz CT molecular complexity index is 1120. The number of rotatable bonds is 7. The van der Waals surface area contributed by atoms with Crippen LogP contribution in [0.2, 0.25) is 0 Å². The van der Waals surface area contributed by atoms with Crippen molar-refractivity contribution in [1.82, 2.24) is 14.9 Å². The van der Waals surface area contributed by atoms with Gasteiger partial charge < -0.3 is 5.84 Å². The molecule has 2 N–H and O–H groups in total. The van der Waals surface area contributed by atoms with Crippen molar-refractivity contribution in [2.45, 2.75) is 5.75 Å². The Morgan fingerprint density at radius 1 is 0.964 bits per heavy atom. The third-order valence-electron chi connectivity index (χ3n) is 3.83. The largest absolute Gasteiger partial charge is 0.336 e. The molecule has 1 heterocycles. The second-order valence-corrected chi connectivity index (χ2v) is 7.82. The Hall–Kier alpha value is -3.52. The number of nitrogens with zero attached hydrogens (tertiary/aromatic N) is 3. The molecule has 0 radical (unpaired) electrons. The molecule has 0 aliphatic rings. The molecule has 0 saturated heterocycles. The molecule has 1 aromatic heterocycles. The maximum atomic E-state index is 12.3. The number of sulfone groups is 1. The molecular weight excluding hydrogens is 376 g/mol. The number of nitrogens with two attached hydrogens (primary N) is 1. The number of hydrogen-bond acceptors (Lipinski definition) is 6. The number of hydrogen-bond donors (Lipinski definition) is 1. The van der Waals surface area contributed by atoms with Gasteiger partial charge in [0.2, 0.25) is 0 Å². The lowest BCUT2D eigenvalue weighted by Crippen LogP contribution is -2.17. The highest BCUT2D eigenvalue weighted by Gasteiger charge is 2.16. The number of benzene rings is 2. The quantitative estimate of drug-likeness (QED) is 0.375. The lowest BCUT2D eigenvalue weighted by Gasteiger charge is -2.01. The average molecular weight is 394 g/mol. The van der Waals surface area contributed by atoms with Crippen molar-refractivity contribution in [1.29, 1.82) is 0 Å². The molecule has 3 rings (SSSR count). The van der Waals surface area contributed by atoms with Gasteiger partial charge in [0.1, 0.15) is 5.75 Å². The van der Waals surface area contributed by atoms with Crippen LogP contribution in [-0.2, 0) is 15.6 Å². The summed E-state index contributed by atoms with van der Waals surface area (Å²) in [7, 11) is -3.74. The molecular formula is C20H18N4O3S. The first-order valence-electron chi connectivity index (χ1n) is 8.37. The van der Waals surface area contributed by atoms with Crippen LogP contribution in [0.15, 0.2) is 72.1 Å². The molecule has 142 valence electrons. The number of nitrogen functional groups attached to an aromatic ring is 1. The summed E-state index contributed by atoms with van der Waals surface area (Å²) >= 11 is 0. The van der Waals surface area contributed by atoms with Gasteiger partial charge in [-0.25, -0.2) is 13.1 Å². The second kappa shape index (κ2) is 8.45. The van der Waals surface area contributed by atoms with Crippen LogP contribution in [0.3, 0.4) is 0 Å². The van der Waals surface area contributed by atoms with Crippen molar-refractivity contribution >= 4 is 27.8 Å². The zero-order valence-corrected chi connectivity index (χ0v) is 15.7. The Balaban J connectivity index is 1.71. The monoisotopic (exact) mass is 394 g/mol. The van der Waals surface area contributed by atoms with Gasteiger partial charge in [-0.2, -0.15) is 0 Å². The highest BCUT2D eigenvalue weighted by molar-refractivity contribution is 7.93. The predicted octanol–water partition coefficient (Wildman–Crippen LogP) is 2.47. The van der Waals surface area contributed by atoms with Gasteiger partial charge in [-0.15, -0.1) is 10.2 Å². The van der Waals surface area contributed by atoms with E-state index in [9.17, 15) is 13.2 Å². The molecule has 3 aromatic rings. The smallest absolute Gasteiger partial charge is 0.186 e. The summed E-state index contributed by atoms with van der Waals surface area (Å²) < 4.78 is 25.7. The summed E-state index contributed by atoms with van der Waals surface area (Å²) in [5.74, 6) is 5.44. The fourth-order valence-electron chi connectivity index (χ4n) is 2.38. The highest BCUT2D eigenvalue weighted by Crippen LogP contribution is 2.10. The fourth-order valence-corrected chi connectivity index (χ4v) is 3.36. The molecule has 0 fully saturated rings. The first-order chi connectivity index (χ1) is 13.4. The first kappa shape index (κ1) is 19.2. The predicted molar refractivity (Wildman–Crippen MR) is 108 cm³/mol. The van der Waals surface area contributed by atoms with Crippen LogP contribution >= 0.6 is 0 Å². The third-order valence-corrected chi connectivity index (χ3v) is 5.04. The molecule has 0 aliphatic carbocycles. The van der Waals surface area contributed by atoms with Crippen LogP contribution in [0.1, 0.15) is 27.6 Å². The van der Waals surface area contributed by atoms with Gasteiger partial charge in [0, 0.05) is 11.0 Å².